The molecule has 19 heavy (non-hydrogen) atoms. The van der Waals surface area contributed by atoms with Crippen molar-refractivity contribution in [3.8, 4) is 0 Å². The molecule has 1 aliphatic carbocycles. The van der Waals surface area contributed by atoms with Crippen LogP contribution in [-0.4, -0.2) is 0 Å². The fraction of sp³-hybridized carbons (Fsp3) is 0.684. The van der Waals surface area contributed by atoms with Gasteiger partial charge in [0.05, 0.1) is 0 Å². The molecule has 0 heterocycles. The van der Waals surface area contributed by atoms with Gasteiger partial charge in [-0.25, -0.2) is 0 Å². The van der Waals surface area contributed by atoms with Crippen LogP contribution in [-0.2, 0) is 0 Å². The maximum absolute atomic E-state index is 2.55. The summed E-state index contributed by atoms with van der Waals surface area (Å²) in [5.74, 6) is 3.22. The molecular formula is C19H32. The highest BCUT2D eigenvalue weighted by Crippen LogP contribution is 2.43. The molecule has 4 atom stereocenters. The zero-order chi connectivity index (χ0) is 14.6. The van der Waals surface area contributed by atoms with E-state index in [1.807, 2.05) is 0 Å². The summed E-state index contributed by atoms with van der Waals surface area (Å²) >= 11 is 0. The average molecular weight is 260 g/mol. The Labute approximate surface area is 120 Å². The normalized spacial score (nSPS) is 33.7. The highest BCUT2D eigenvalue weighted by atomic mass is 14.4. The smallest absolute Gasteiger partial charge is 0.0135 e. The van der Waals surface area contributed by atoms with Crippen LogP contribution in [0.25, 0.3) is 0 Å². The number of hydrogen-bond donors (Lipinski definition) is 0. The topological polar surface area (TPSA) is 0 Å². The number of hydrogen-bond acceptors (Lipinski definition) is 0. The van der Waals surface area contributed by atoms with E-state index in [4.69, 9.17) is 0 Å². The third kappa shape index (κ3) is 4.37. The molecule has 1 saturated carbocycles. The first-order valence-electron chi connectivity index (χ1n) is 7.79. The van der Waals surface area contributed by atoms with Crippen molar-refractivity contribution in [3.63, 3.8) is 0 Å². The van der Waals surface area contributed by atoms with Gasteiger partial charge in [0.25, 0.3) is 0 Å². The molecule has 0 aromatic heterocycles. The molecular weight excluding hydrogens is 228 g/mol. The van der Waals surface area contributed by atoms with E-state index < -0.39 is 0 Å². The Morgan fingerprint density at radius 3 is 2.05 bits per heavy atom. The lowest BCUT2D eigenvalue weighted by molar-refractivity contribution is 0.381. The quantitative estimate of drug-likeness (QED) is 0.544. The maximum Gasteiger partial charge on any atom is -0.0135 e. The molecule has 0 nitrogen and oxygen atoms in total. The first-order valence-corrected chi connectivity index (χ1v) is 7.79. The highest BCUT2D eigenvalue weighted by molar-refractivity contribution is 5.28. The zero-order valence-electron chi connectivity index (χ0n) is 13.9. The lowest BCUT2D eigenvalue weighted by atomic mass is 9.80. The van der Waals surface area contributed by atoms with E-state index in [0.717, 1.165) is 23.7 Å². The van der Waals surface area contributed by atoms with Crippen molar-refractivity contribution in [2.75, 3.05) is 0 Å². The van der Waals surface area contributed by atoms with Gasteiger partial charge >= 0.3 is 0 Å². The molecule has 0 aliphatic heterocycles. The SMILES string of the molecule is CC=CC=CC(=CC1C(C)CC(C)C1C)C(C)(C)C. The Morgan fingerprint density at radius 2 is 1.63 bits per heavy atom. The van der Waals surface area contributed by atoms with Crippen LogP contribution >= 0.6 is 0 Å². The first kappa shape index (κ1) is 16.3. The van der Waals surface area contributed by atoms with Crippen LogP contribution in [0.15, 0.2) is 36.0 Å². The van der Waals surface area contributed by atoms with Gasteiger partial charge in [0.1, 0.15) is 0 Å². The first-order chi connectivity index (χ1) is 8.77. The molecule has 0 amide bonds. The molecule has 0 N–H and O–H groups in total. The Kier molecular flexibility index (Phi) is 5.64. The predicted octanol–water partition coefficient (Wildman–Crippen LogP) is 6.02. The summed E-state index contributed by atoms with van der Waals surface area (Å²) in [6.45, 7) is 16.2. The molecule has 0 spiro atoms. The second-order valence-corrected chi connectivity index (χ2v) is 7.38. The summed E-state index contributed by atoms with van der Waals surface area (Å²) in [6, 6.07) is 0. The van der Waals surface area contributed by atoms with Gasteiger partial charge in [0.2, 0.25) is 0 Å². The molecule has 0 aromatic carbocycles. The molecule has 0 bridgehead atoms. The van der Waals surface area contributed by atoms with Gasteiger partial charge in [-0.2, -0.15) is 0 Å². The van der Waals surface area contributed by atoms with Crippen molar-refractivity contribution in [3.05, 3.63) is 36.0 Å². The van der Waals surface area contributed by atoms with Crippen molar-refractivity contribution in [2.24, 2.45) is 29.1 Å². The highest BCUT2D eigenvalue weighted by Gasteiger charge is 2.35. The van der Waals surface area contributed by atoms with Crippen LogP contribution in [0, 0.1) is 29.1 Å². The predicted molar refractivity (Wildman–Crippen MR) is 87.1 cm³/mol. The minimum atomic E-state index is 0.226. The third-order valence-corrected chi connectivity index (χ3v) is 4.72. The van der Waals surface area contributed by atoms with Crippen molar-refractivity contribution in [1.29, 1.82) is 0 Å². The monoisotopic (exact) mass is 260 g/mol. The molecule has 0 aromatic rings. The Hall–Kier alpha value is -0.780. The Morgan fingerprint density at radius 1 is 1.00 bits per heavy atom. The zero-order valence-corrected chi connectivity index (χ0v) is 13.9. The summed E-state index contributed by atoms with van der Waals surface area (Å²) < 4.78 is 0. The largest absolute Gasteiger partial charge is 0.0877 e. The number of allylic oxidation sites excluding steroid dienone is 6. The van der Waals surface area contributed by atoms with Crippen LogP contribution in [0.4, 0.5) is 0 Å². The van der Waals surface area contributed by atoms with Crippen molar-refractivity contribution < 1.29 is 0 Å². The molecule has 0 radical (unpaired) electrons. The van der Waals surface area contributed by atoms with Gasteiger partial charge in [-0.15, -0.1) is 0 Å². The molecule has 1 rings (SSSR count). The van der Waals surface area contributed by atoms with Crippen LogP contribution in [0.3, 0.4) is 0 Å². The van der Waals surface area contributed by atoms with Crippen LogP contribution in [0.5, 0.6) is 0 Å². The average Bonchev–Trinajstić information content (AvgIpc) is 2.53. The lowest BCUT2D eigenvalue weighted by Gasteiger charge is -2.25. The van der Waals surface area contributed by atoms with Gasteiger partial charge in [0.15, 0.2) is 0 Å². The molecule has 4 unspecified atom stereocenters. The standard InChI is InChI=1S/C19H32/c1-8-9-10-11-17(19(5,6)7)13-18-15(3)12-14(2)16(18)4/h8-11,13-16,18H,12H2,1-7H3. The molecule has 108 valence electrons. The molecule has 0 saturated heterocycles. The summed E-state index contributed by atoms with van der Waals surface area (Å²) in [4.78, 5) is 0. The lowest BCUT2D eigenvalue weighted by Crippen LogP contribution is -2.15. The van der Waals surface area contributed by atoms with Gasteiger partial charge < -0.3 is 0 Å². The van der Waals surface area contributed by atoms with Gasteiger partial charge in [-0.1, -0.05) is 71.9 Å². The van der Waals surface area contributed by atoms with Crippen LogP contribution in [0.1, 0.15) is 54.9 Å². The van der Waals surface area contributed by atoms with E-state index in [1.54, 1.807) is 0 Å². The van der Waals surface area contributed by atoms with E-state index >= 15 is 0 Å². The van der Waals surface area contributed by atoms with Crippen LogP contribution in [0.2, 0.25) is 0 Å². The minimum absolute atomic E-state index is 0.226. The fourth-order valence-electron chi connectivity index (χ4n) is 3.21. The Balaban J connectivity index is 3.00. The number of rotatable bonds is 3. The van der Waals surface area contributed by atoms with Crippen molar-refractivity contribution >= 4 is 0 Å². The summed E-state index contributed by atoms with van der Waals surface area (Å²) in [6.07, 6.45) is 12.6. The van der Waals surface area contributed by atoms with Gasteiger partial charge in [-0.3, -0.25) is 0 Å². The molecule has 0 heteroatoms. The van der Waals surface area contributed by atoms with Gasteiger partial charge in [-0.05, 0) is 48.0 Å². The van der Waals surface area contributed by atoms with E-state index in [1.165, 1.54) is 12.0 Å². The summed E-state index contributed by atoms with van der Waals surface area (Å²) in [5, 5.41) is 0. The maximum atomic E-state index is 2.55. The third-order valence-electron chi connectivity index (χ3n) is 4.72. The molecule has 1 aliphatic rings. The van der Waals surface area contributed by atoms with Crippen molar-refractivity contribution in [1.82, 2.24) is 0 Å². The fourth-order valence-corrected chi connectivity index (χ4v) is 3.21. The van der Waals surface area contributed by atoms with E-state index in [9.17, 15) is 0 Å². The van der Waals surface area contributed by atoms with E-state index in [-0.39, 0.29) is 5.41 Å². The Bertz CT molecular complexity index is 362. The molecule has 1 fully saturated rings. The summed E-state index contributed by atoms with van der Waals surface area (Å²) in [7, 11) is 0. The second-order valence-electron chi connectivity index (χ2n) is 7.38. The second kappa shape index (κ2) is 6.59. The van der Waals surface area contributed by atoms with Crippen LogP contribution < -0.4 is 0 Å². The summed E-state index contributed by atoms with van der Waals surface area (Å²) in [5.41, 5.74) is 1.70. The van der Waals surface area contributed by atoms with E-state index in [0.29, 0.717) is 0 Å². The van der Waals surface area contributed by atoms with Crippen molar-refractivity contribution in [2.45, 2.75) is 54.9 Å². The van der Waals surface area contributed by atoms with Gasteiger partial charge in [0, 0.05) is 0 Å². The van der Waals surface area contributed by atoms with E-state index in [2.05, 4.69) is 78.8 Å². The minimum Gasteiger partial charge on any atom is -0.0877 e.